The number of aryl methyl sites for hydroxylation is 1. The predicted octanol–water partition coefficient (Wildman–Crippen LogP) is 3.11. The Bertz CT molecular complexity index is 1380. The molecule has 1 aromatic carbocycles. The van der Waals surface area contributed by atoms with Crippen LogP contribution in [-0.4, -0.2) is 75.7 Å². The molecule has 1 aromatic heterocycles. The molecule has 0 saturated carbocycles. The molecule has 13 nitrogen and oxygen atoms in total. The average molecular weight is 632 g/mol. The van der Waals surface area contributed by atoms with E-state index in [0.717, 1.165) is 57.1 Å². The third kappa shape index (κ3) is 9.92. The molecule has 2 aromatic rings. The minimum absolute atomic E-state index is 0.126. The lowest BCUT2D eigenvalue weighted by Gasteiger charge is -2.20. The number of aromatic nitrogens is 2. The number of unbranched alkanes of at least 4 members (excludes halogenated alkanes) is 6. The van der Waals surface area contributed by atoms with Gasteiger partial charge < -0.3 is 34.1 Å². The minimum atomic E-state index is -0.398. The van der Waals surface area contributed by atoms with Gasteiger partial charge in [-0.05, 0) is 43.4 Å². The van der Waals surface area contributed by atoms with Gasteiger partial charge in [-0.1, -0.05) is 32.1 Å². The third-order valence-corrected chi connectivity index (χ3v) is 8.01. The van der Waals surface area contributed by atoms with E-state index in [-0.39, 0.29) is 36.5 Å². The van der Waals surface area contributed by atoms with Crippen LogP contribution in [0, 0.1) is 0 Å². The Balaban J connectivity index is 1.32. The van der Waals surface area contributed by atoms with Gasteiger partial charge in [-0.15, -0.1) is 0 Å². The van der Waals surface area contributed by atoms with Crippen LogP contribution in [0.2, 0.25) is 0 Å². The quantitative estimate of drug-likeness (QED) is 0.175. The summed E-state index contributed by atoms with van der Waals surface area (Å²) >= 11 is 0. The molecule has 45 heavy (non-hydrogen) atoms. The SMILES string of the molecule is COc1cc(CCC(=O)NCC(CCCCCCCCCN2CN(C)c3c2n(C)c(=O)[nH]c3=O)OC(C)=O)cc(OC)c1OC. The molecule has 1 aliphatic heterocycles. The first-order valence-electron chi connectivity index (χ1n) is 15.6. The maximum atomic E-state index is 12.6. The molecule has 0 fully saturated rings. The number of carbonyl (C=O) groups excluding carboxylic acids is 2. The van der Waals surface area contributed by atoms with E-state index >= 15 is 0 Å². The molecule has 1 aliphatic rings. The fourth-order valence-corrected chi connectivity index (χ4v) is 5.72. The number of benzene rings is 1. The number of aromatic amines is 1. The number of rotatable bonds is 19. The summed E-state index contributed by atoms with van der Waals surface area (Å²) in [6.45, 7) is 3.04. The van der Waals surface area contributed by atoms with E-state index in [4.69, 9.17) is 18.9 Å². The molecule has 3 rings (SSSR count). The van der Waals surface area contributed by atoms with Crippen molar-refractivity contribution in [1.82, 2.24) is 14.9 Å². The van der Waals surface area contributed by atoms with Crippen LogP contribution in [-0.2, 0) is 27.8 Å². The number of ether oxygens (including phenoxy) is 4. The van der Waals surface area contributed by atoms with E-state index in [0.29, 0.717) is 48.3 Å². The summed E-state index contributed by atoms with van der Waals surface area (Å²) in [6, 6.07) is 3.66. The maximum Gasteiger partial charge on any atom is 0.329 e. The van der Waals surface area contributed by atoms with Crippen molar-refractivity contribution >= 4 is 23.4 Å². The zero-order chi connectivity index (χ0) is 32.9. The Hall–Kier alpha value is -4.16. The molecule has 1 amide bonds. The van der Waals surface area contributed by atoms with Gasteiger partial charge in [-0.25, -0.2) is 4.79 Å². The van der Waals surface area contributed by atoms with Crippen molar-refractivity contribution in [3.8, 4) is 17.2 Å². The Kier molecular flexibility index (Phi) is 13.6. The molecule has 0 bridgehead atoms. The highest BCUT2D eigenvalue weighted by molar-refractivity contribution is 5.76. The molecule has 0 radical (unpaired) electrons. The number of carbonyl (C=O) groups is 2. The van der Waals surface area contributed by atoms with E-state index < -0.39 is 5.69 Å². The molecule has 2 heterocycles. The van der Waals surface area contributed by atoms with Crippen molar-refractivity contribution in [2.45, 2.75) is 77.2 Å². The lowest BCUT2D eigenvalue weighted by Crippen LogP contribution is -2.34. The summed E-state index contributed by atoms with van der Waals surface area (Å²) in [5, 5.41) is 2.91. The number of methoxy groups -OCH3 is 3. The number of hydrogen-bond acceptors (Lipinski definition) is 10. The fraction of sp³-hybridized carbons (Fsp3) is 0.625. The number of amides is 1. The van der Waals surface area contributed by atoms with E-state index in [9.17, 15) is 19.2 Å². The molecule has 0 spiro atoms. The van der Waals surface area contributed by atoms with Gasteiger partial charge in [0.1, 0.15) is 17.6 Å². The van der Waals surface area contributed by atoms with Crippen LogP contribution in [0.4, 0.5) is 11.5 Å². The molecule has 1 unspecified atom stereocenters. The van der Waals surface area contributed by atoms with Crippen molar-refractivity contribution in [2.75, 3.05) is 57.9 Å². The summed E-state index contributed by atoms with van der Waals surface area (Å²) in [5.41, 5.74) is 0.682. The van der Waals surface area contributed by atoms with Crippen LogP contribution in [0.25, 0.3) is 0 Å². The number of anilines is 2. The number of esters is 1. The first-order chi connectivity index (χ1) is 21.6. The van der Waals surface area contributed by atoms with Crippen molar-refractivity contribution < 1.29 is 28.5 Å². The van der Waals surface area contributed by atoms with Crippen molar-refractivity contribution in [3.05, 3.63) is 38.5 Å². The van der Waals surface area contributed by atoms with Gasteiger partial charge in [0.15, 0.2) is 11.5 Å². The van der Waals surface area contributed by atoms with Crippen molar-refractivity contribution in [2.24, 2.45) is 7.05 Å². The Morgan fingerprint density at radius 1 is 0.933 bits per heavy atom. The molecule has 2 N–H and O–H groups in total. The fourth-order valence-electron chi connectivity index (χ4n) is 5.72. The molecule has 1 atom stereocenters. The van der Waals surface area contributed by atoms with E-state index in [1.165, 1.54) is 11.5 Å². The second kappa shape index (κ2) is 17.4. The summed E-state index contributed by atoms with van der Waals surface area (Å²) in [7, 11) is 8.19. The van der Waals surface area contributed by atoms with E-state index in [2.05, 4.69) is 15.2 Å². The second-order valence-electron chi connectivity index (χ2n) is 11.4. The van der Waals surface area contributed by atoms with Crippen LogP contribution in [0.1, 0.15) is 70.3 Å². The Labute approximate surface area is 264 Å². The highest BCUT2D eigenvalue weighted by Gasteiger charge is 2.29. The van der Waals surface area contributed by atoms with Crippen molar-refractivity contribution in [3.63, 3.8) is 0 Å². The van der Waals surface area contributed by atoms with Crippen LogP contribution in [0.15, 0.2) is 21.7 Å². The van der Waals surface area contributed by atoms with Gasteiger partial charge in [-0.3, -0.25) is 23.9 Å². The molecule has 0 saturated heterocycles. The maximum absolute atomic E-state index is 12.6. The van der Waals surface area contributed by atoms with Gasteiger partial charge in [-0.2, -0.15) is 0 Å². The van der Waals surface area contributed by atoms with Gasteiger partial charge in [0.05, 0.1) is 34.5 Å². The first-order valence-corrected chi connectivity index (χ1v) is 15.6. The summed E-state index contributed by atoms with van der Waals surface area (Å²) in [6.07, 6.45) is 8.31. The predicted molar refractivity (Wildman–Crippen MR) is 173 cm³/mol. The molecule has 250 valence electrons. The van der Waals surface area contributed by atoms with Crippen molar-refractivity contribution in [1.29, 1.82) is 0 Å². The largest absolute Gasteiger partial charge is 0.493 e. The van der Waals surface area contributed by atoms with Gasteiger partial charge >= 0.3 is 11.7 Å². The lowest BCUT2D eigenvalue weighted by atomic mass is 10.1. The number of nitrogens with zero attached hydrogens (tertiary/aromatic N) is 3. The Morgan fingerprint density at radius 2 is 1.56 bits per heavy atom. The normalized spacial score (nSPS) is 12.9. The van der Waals surface area contributed by atoms with Gasteiger partial charge in [0.25, 0.3) is 5.56 Å². The Morgan fingerprint density at radius 3 is 2.16 bits per heavy atom. The zero-order valence-electron chi connectivity index (χ0n) is 27.5. The second-order valence-corrected chi connectivity index (χ2v) is 11.4. The molecule has 13 heteroatoms. The van der Waals surface area contributed by atoms with E-state index in [1.54, 1.807) is 28.4 Å². The first kappa shape index (κ1) is 35.3. The number of hydrogen-bond donors (Lipinski definition) is 2. The third-order valence-electron chi connectivity index (χ3n) is 8.01. The van der Waals surface area contributed by atoms with E-state index in [1.807, 2.05) is 24.1 Å². The van der Waals surface area contributed by atoms with Gasteiger partial charge in [0, 0.05) is 34.0 Å². The summed E-state index contributed by atoms with van der Waals surface area (Å²) in [4.78, 5) is 54.8. The van der Waals surface area contributed by atoms with Crippen LogP contribution in [0.3, 0.4) is 0 Å². The molecule has 0 aliphatic carbocycles. The minimum Gasteiger partial charge on any atom is -0.493 e. The summed E-state index contributed by atoms with van der Waals surface area (Å²) < 4.78 is 23.1. The smallest absolute Gasteiger partial charge is 0.329 e. The number of fused-ring (bicyclic) bond motifs is 1. The zero-order valence-corrected chi connectivity index (χ0v) is 27.5. The standard InChI is InChI=1S/C32H49N5O8/c1-22(38)45-24(20-33-27(39)16-15-23-18-25(42-4)29(44-6)26(19-23)43-5)14-12-10-8-7-9-11-13-17-37-21-35(2)28-30(40)34-32(41)36(3)31(28)37/h18-19,24H,7-17,20-21H2,1-6H3,(H,33,39)(H,34,40,41). The molecular formula is C32H49N5O8. The summed E-state index contributed by atoms with van der Waals surface area (Å²) in [5.74, 6) is 1.78. The van der Waals surface area contributed by atoms with Crippen LogP contribution in [0.5, 0.6) is 17.2 Å². The molecular weight excluding hydrogens is 582 g/mol. The highest BCUT2D eigenvalue weighted by atomic mass is 16.5. The lowest BCUT2D eigenvalue weighted by molar-refractivity contribution is -0.147. The monoisotopic (exact) mass is 631 g/mol. The number of nitrogens with one attached hydrogen (secondary N) is 2. The van der Waals surface area contributed by atoms with Crippen LogP contribution >= 0.6 is 0 Å². The average Bonchev–Trinajstić information content (AvgIpc) is 3.35. The number of H-pyrrole nitrogens is 1. The highest BCUT2D eigenvalue weighted by Crippen LogP contribution is 2.38. The van der Waals surface area contributed by atoms with Crippen LogP contribution < -0.4 is 40.6 Å². The van der Waals surface area contributed by atoms with Gasteiger partial charge in [0.2, 0.25) is 11.7 Å². The topological polar surface area (TPSA) is 144 Å².